The molecule has 5 aliphatic carbocycles. The lowest BCUT2D eigenvalue weighted by molar-refractivity contribution is -0.0976. The molecule has 1 saturated carbocycles. The second-order valence-electron chi connectivity index (χ2n) is 6.60. The fourth-order valence-electron chi connectivity index (χ4n) is 5.66. The van der Waals surface area contributed by atoms with Crippen molar-refractivity contribution in [1.82, 2.24) is 0 Å². The minimum absolute atomic E-state index is 0.468. The molecule has 2 fully saturated rings. The van der Waals surface area contributed by atoms with Crippen molar-refractivity contribution >= 4 is 0 Å². The molecule has 1 nitrogen and oxygen atoms in total. The lowest BCUT2D eigenvalue weighted by Crippen LogP contribution is -2.64. The Morgan fingerprint density at radius 2 is 1.35 bits per heavy atom. The van der Waals surface area contributed by atoms with Gasteiger partial charge < -0.3 is 4.74 Å². The molecule has 1 heteroatoms. The van der Waals surface area contributed by atoms with Gasteiger partial charge in [-0.15, -0.1) is 0 Å². The van der Waals surface area contributed by atoms with Crippen molar-refractivity contribution in [3.05, 3.63) is 36.5 Å². The first kappa shape index (κ1) is 9.16. The summed E-state index contributed by atoms with van der Waals surface area (Å²) in [5.41, 5.74) is 0.937. The van der Waals surface area contributed by atoms with Crippen molar-refractivity contribution in [3.8, 4) is 0 Å². The zero-order valence-corrected chi connectivity index (χ0v) is 10.0. The van der Waals surface area contributed by atoms with Crippen LogP contribution in [0.3, 0.4) is 0 Å². The highest BCUT2D eigenvalue weighted by Gasteiger charge is 2.69. The topological polar surface area (TPSA) is 9.23 Å². The normalized spacial score (nSPS) is 60.7. The average molecular weight is 226 g/mol. The van der Waals surface area contributed by atoms with Gasteiger partial charge in [0.05, 0.1) is 13.2 Å². The number of allylic oxidation sites excluding steroid dienone is 6. The molecule has 1 heterocycles. The Hall–Kier alpha value is -0.820. The highest BCUT2D eigenvalue weighted by molar-refractivity contribution is 5.43. The van der Waals surface area contributed by atoms with Gasteiger partial charge in [0, 0.05) is 10.8 Å². The van der Waals surface area contributed by atoms with Gasteiger partial charge in [0.15, 0.2) is 0 Å². The smallest absolute Gasteiger partial charge is 0.0504 e. The molecule has 6 aliphatic rings. The summed E-state index contributed by atoms with van der Waals surface area (Å²) in [6.45, 7) is 2.01. The van der Waals surface area contributed by atoms with E-state index in [1.54, 1.807) is 0 Å². The number of rotatable bonds is 0. The van der Waals surface area contributed by atoms with E-state index in [-0.39, 0.29) is 0 Å². The SMILES string of the molecule is C1=CC[C@@]23C=C[C@]2(C1)[C@H]1C=C[C@H]3[C@H]2COC[C@H]21. The predicted molar refractivity (Wildman–Crippen MR) is 66.3 cm³/mol. The zero-order valence-electron chi connectivity index (χ0n) is 10.0. The number of hydrogen-bond acceptors (Lipinski definition) is 1. The number of hydrogen-bond donors (Lipinski definition) is 0. The maximum Gasteiger partial charge on any atom is 0.0504 e. The molecular weight excluding hydrogens is 208 g/mol. The fraction of sp³-hybridized carbons (Fsp3) is 0.625. The minimum atomic E-state index is 0.468. The summed E-state index contributed by atoms with van der Waals surface area (Å²) in [6, 6.07) is 0. The van der Waals surface area contributed by atoms with E-state index in [0.29, 0.717) is 10.8 Å². The molecular formula is C16H18O. The summed E-state index contributed by atoms with van der Waals surface area (Å²) >= 11 is 0. The highest BCUT2D eigenvalue weighted by atomic mass is 16.5. The zero-order chi connectivity index (χ0) is 11.1. The van der Waals surface area contributed by atoms with Gasteiger partial charge in [-0.2, -0.15) is 0 Å². The van der Waals surface area contributed by atoms with Crippen LogP contribution in [0.15, 0.2) is 36.5 Å². The summed E-state index contributed by atoms with van der Waals surface area (Å²) < 4.78 is 5.81. The monoisotopic (exact) mass is 226 g/mol. The van der Waals surface area contributed by atoms with Crippen LogP contribution in [0, 0.1) is 34.5 Å². The van der Waals surface area contributed by atoms with Crippen LogP contribution in [-0.2, 0) is 4.74 Å². The maximum absolute atomic E-state index is 5.81. The van der Waals surface area contributed by atoms with Crippen molar-refractivity contribution in [2.45, 2.75) is 12.8 Å². The largest absolute Gasteiger partial charge is 0.381 e. The van der Waals surface area contributed by atoms with Crippen LogP contribution in [0.5, 0.6) is 0 Å². The first-order valence-electron chi connectivity index (χ1n) is 6.99. The molecule has 0 aromatic heterocycles. The molecule has 0 N–H and O–H groups in total. The summed E-state index contributed by atoms with van der Waals surface area (Å²) in [5, 5.41) is 0. The predicted octanol–water partition coefficient (Wildman–Crippen LogP) is 2.96. The molecule has 88 valence electrons. The van der Waals surface area contributed by atoms with Gasteiger partial charge in [0.1, 0.15) is 0 Å². The summed E-state index contributed by atoms with van der Waals surface area (Å²) in [6.07, 6.45) is 17.5. The molecule has 0 aromatic carbocycles. The second-order valence-corrected chi connectivity index (χ2v) is 6.60. The quantitative estimate of drug-likeness (QED) is 0.577. The van der Waals surface area contributed by atoms with Crippen LogP contribution in [-0.4, -0.2) is 13.2 Å². The van der Waals surface area contributed by atoms with Crippen molar-refractivity contribution in [3.63, 3.8) is 0 Å². The van der Waals surface area contributed by atoms with Gasteiger partial charge in [-0.3, -0.25) is 0 Å². The number of ether oxygens (including phenoxy) is 1. The first-order chi connectivity index (χ1) is 8.37. The fourth-order valence-corrected chi connectivity index (χ4v) is 5.66. The summed E-state index contributed by atoms with van der Waals surface area (Å²) in [5.74, 6) is 3.09. The molecule has 0 aromatic rings. The van der Waals surface area contributed by atoms with E-state index in [2.05, 4.69) is 36.5 Å². The average Bonchev–Trinajstić information content (AvgIpc) is 2.81. The summed E-state index contributed by atoms with van der Waals surface area (Å²) in [7, 11) is 0. The van der Waals surface area contributed by atoms with Gasteiger partial charge >= 0.3 is 0 Å². The van der Waals surface area contributed by atoms with Crippen molar-refractivity contribution in [1.29, 1.82) is 0 Å². The molecule has 0 amide bonds. The van der Waals surface area contributed by atoms with E-state index < -0.39 is 0 Å². The first-order valence-corrected chi connectivity index (χ1v) is 6.99. The van der Waals surface area contributed by atoms with E-state index in [9.17, 15) is 0 Å². The molecule has 6 rings (SSSR count). The Kier molecular flexibility index (Phi) is 1.41. The van der Waals surface area contributed by atoms with Crippen molar-refractivity contribution < 1.29 is 4.74 Å². The van der Waals surface area contributed by atoms with E-state index >= 15 is 0 Å². The Morgan fingerprint density at radius 3 is 1.82 bits per heavy atom. The van der Waals surface area contributed by atoms with Gasteiger partial charge in [-0.1, -0.05) is 36.5 Å². The van der Waals surface area contributed by atoms with E-state index in [0.717, 1.165) is 36.9 Å². The van der Waals surface area contributed by atoms with E-state index in [1.807, 2.05) is 0 Å². The van der Waals surface area contributed by atoms with Crippen molar-refractivity contribution in [2.24, 2.45) is 34.5 Å². The Balaban J connectivity index is 1.75. The van der Waals surface area contributed by atoms with Gasteiger partial charge in [-0.25, -0.2) is 0 Å². The van der Waals surface area contributed by atoms with Crippen LogP contribution < -0.4 is 0 Å². The van der Waals surface area contributed by atoms with Gasteiger partial charge in [0.25, 0.3) is 0 Å². The standard InChI is InChI=1S/C16H18O/c1-2-6-16-8-7-15(16,5-1)13-3-4-14(16)12-10-17-9-11(12)13/h1-4,7-8,11-14H,5-6,9-10H2/t11-,12+,13-,14-,15-,16+/m0/s1. The molecule has 6 atom stereocenters. The second kappa shape index (κ2) is 2.61. The van der Waals surface area contributed by atoms with Crippen LogP contribution in [0.4, 0.5) is 0 Å². The molecule has 1 saturated heterocycles. The van der Waals surface area contributed by atoms with Gasteiger partial charge in [0.2, 0.25) is 0 Å². The molecule has 0 spiro atoms. The van der Waals surface area contributed by atoms with Crippen LogP contribution in [0.25, 0.3) is 0 Å². The minimum Gasteiger partial charge on any atom is -0.381 e. The molecule has 0 radical (unpaired) electrons. The van der Waals surface area contributed by atoms with Crippen molar-refractivity contribution in [2.75, 3.05) is 13.2 Å². The molecule has 0 unspecified atom stereocenters. The van der Waals surface area contributed by atoms with Gasteiger partial charge in [-0.05, 0) is 36.5 Å². The molecule has 1 aliphatic heterocycles. The maximum atomic E-state index is 5.81. The lowest BCUT2D eigenvalue weighted by atomic mass is 9.33. The third-order valence-corrected chi connectivity index (χ3v) is 6.43. The summed E-state index contributed by atoms with van der Waals surface area (Å²) in [4.78, 5) is 0. The third-order valence-electron chi connectivity index (χ3n) is 6.43. The Labute approximate surface area is 102 Å². The Bertz CT molecular complexity index is 434. The molecule has 2 bridgehead atoms. The van der Waals surface area contributed by atoms with Crippen LogP contribution in [0.2, 0.25) is 0 Å². The van der Waals surface area contributed by atoms with E-state index in [4.69, 9.17) is 4.74 Å². The van der Waals surface area contributed by atoms with Crippen LogP contribution >= 0.6 is 0 Å². The van der Waals surface area contributed by atoms with Crippen LogP contribution in [0.1, 0.15) is 12.8 Å². The molecule has 17 heavy (non-hydrogen) atoms. The van der Waals surface area contributed by atoms with E-state index in [1.165, 1.54) is 12.8 Å². The third kappa shape index (κ3) is 0.753. The Morgan fingerprint density at radius 1 is 0.824 bits per heavy atom. The highest BCUT2D eigenvalue weighted by Crippen LogP contribution is 2.74. The lowest BCUT2D eigenvalue weighted by Gasteiger charge is -2.69.